The molecule has 1 aliphatic heterocycles. The van der Waals surface area contributed by atoms with Crippen LogP contribution in [0.15, 0.2) is 4.99 Å². The van der Waals surface area contributed by atoms with Crippen LogP contribution in [-0.4, -0.2) is 24.2 Å². The van der Waals surface area contributed by atoms with Gasteiger partial charge in [0.15, 0.2) is 0 Å². The molecule has 8 heavy (non-hydrogen) atoms. The van der Waals surface area contributed by atoms with E-state index < -0.39 is 0 Å². The lowest BCUT2D eigenvalue weighted by molar-refractivity contribution is -0.117. The van der Waals surface area contributed by atoms with E-state index in [4.69, 9.17) is 11.6 Å². The molecule has 0 bridgehead atoms. The molecule has 1 N–H and O–H groups in total. The van der Waals surface area contributed by atoms with Gasteiger partial charge >= 0.3 is 0 Å². The number of aliphatic imine (C=N–C) groups is 1. The van der Waals surface area contributed by atoms with E-state index in [0.29, 0.717) is 11.7 Å². The van der Waals surface area contributed by atoms with Gasteiger partial charge in [-0.25, -0.2) is 0 Å². The van der Waals surface area contributed by atoms with Crippen molar-refractivity contribution in [3.05, 3.63) is 0 Å². The van der Waals surface area contributed by atoms with Crippen LogP contribution in [0.3, 0.4) is 0 Å². The minimum absolute atomic E-state index is 0.0688. The van der Waals surface area contributed by atoms with E-state index in [2.05, 4.69) is 10.3 Å². The van der Waals surface area contributed by atoms with E-state index in [1.807, 2.05) is 0 Å². The van der Waals surface area contributed by atoms with Crippen LogP contribution in [0.25, 0.3) is 0 Å². The number of carbonyl (C=O) groups is 1. The van der Waals surface area contributed by atoms with Gasteiger partial charge in [-0.3, -0.25) is 9.79 Å². The Morgan fingerprint density at radius 2 is 2.62 bits per heavy atom. The van der Waals surface area contributed by atoms with Crippen molar-refractivity contribution in [3.8, 4) is 0 Å². The Balaban J connectivity index is 2.49. The molecule has 0 aromatic rings. The van der Waals surface area contributed by atoms with Crippen molar-refractivity contribution in [1.29, 1.82) is 0 Å². The van der Waals surface area contributed by atoms with Gasteiger partial charge in [-0.15, -0.1) is 11.6 Å². The Bertz CT molecular complexity index is 143. The summed E-state index contributed by atoms with van der Waals surface area (Å²) in [4.78, 5) is 14.1. The number of amides is 1. The summed E-state index contributed by atoms with van der Waals surface area (Å²) >= 11 is 5.33. The third-order valence-electron chi connectivity index (χ3n) is 0.824. The zero-order valence-corrected chi connectivity index (χ0v) is 4.90. The van der Waals surface area contributed by atoms with Crippen molar-refractivity contribution in [2.24, 2.45) is 4.99 Å². The predicted molar refractivity (Wildman–Crippen MR) is 31.2 cm³/mol. The van der Waals surface area contributed by atoms with Crippen molar-refractivity contribution in [3.63, 3.8) is 0 Å². The quantitative estimate of drug-likeness (QED) is 0.492. The van der Waals surface area contributed by atoms with Gasteiger partial charge in [-0.1, -0.05) is 0 Å². The van der Waals surface area contributed by atoms with Gasteiger partial charge in [0, 0.05) is 0 Å². The molecule has 0 radical (unpaired) electrons. The van der Waals surface area contributed by atoms with Gasteiger partial charge < -0.3 is 5.32 Å². The summed E-state index contributed by atoms with van der Waals surface area (Å²) in [5.74, 6) is 0.809. The standard InChI is InChI=1S/C4H5ClN2O/c5-1-3-6-2-4(8)7-3/h1-2H2,(H,6,7,8). The van der Waals surface area contributed by atoms with Crippen molar-refractivity contribution in [2.75, 3.05) is 12.4 Å². The van der Waals surface area contributed by atoms with Gasteiger partial charge in [0.25, 0.3) is 0 Å². The minimum Gasteiger partial charge on any atom is -0.312 e. The summed E-state index contributed by atoms with van der Waals surface area (Å²) in [6, 6.07) is 0. The normalized spacial score (nSPS) is 18.1. The molecule has 0 aromatic carbocycles. The molecule has 0 spiro atoms. The van der Waals surface area contributed by atoms with Crippen LogP contribution < -0.4 is 5.32 Å². The number of nitrogens with one attached hydrogen (secondary N) is 1. The van der Waals surface area contributed by atoms with Crippen LogP contribution in [0.4, 0.5) is 0 Å². The zero-order valence-electron chi connectivity index (χ0n) is 4.15. The Morgan fingerprint density at radius 1 is 1.88 bits per heavy atom. The molecule has 1 rings (SSSR count). The SMILES string of the molecule is O=C1CN=C(CCl)N1. The van der Waals surface area contributed by atoms with Gasteiger partial charge in [0.05, 0.1) is 5.88 Å². The van der Waals surface area contributed by atoms with E-state index >= 15 is 0 Å². The minimum atomic E-state index is -0.0688. The monoisotopic (exact) mass is 132 g/mol. The molecule has 0 saturated heterocycles. The fourth-order valence-electron chi connectivity index (χ4n) is 0.483. The Kier molecular flexibility index (Phi) is 1.48. The van der Waals surface area contributed by atoms with E-state index in [0.717, 1.165) is 0 Å². The van der Waals surface area contributed by atoms with Crippen molar-refractivity contribution in [1.82, 2.24) is 5.32 Å². The molecule has 1 heterocycles. The van der Waals surface area contributed by atoms with Gasteiger partial charge in [0.1, 0.15) is 12.4 Å². The molecule has 0 aromatic heterocycles. The highest BCUT2D eigenvalue weighted by molar-refractivity contribution is 6.30. The van der Waals surface area contributed by atoms with E-state index in [9.17, 15) is 4.79 Å². The maximum Gasteiger partial charge on any atom is 0.247 e. The van der Waals surface area contributed by atoms with Gasteiger partial charge in [-0.05, 0) is 0 Å². The second kappa shape index (κ2) is 2.13. The molecule has 3 nitrogen and oxygen atoms in total. The highest BCUT2D eigenvalue weighted by Crippen LogP contribution is 1.88. The lowest BCUT2D eigenvalue weighted by Crippen LogP contribution is -2.25. The van der Waals surface area contributed by atoms with Crippen LogP contribution in [0, 0.1) is 0 Å². The fourth-order valence-corrected chi connectivity index (χ4v) is 0.634. The number of hydrogen-bond acceptors (Lipinski definition) is 2. The van der Waals surface area contributed by atoms with E-state index in [1.54, 1.807) is 0 Å². The Morgan fingerprint density at radius 3 is 2.88 bits per heavy atom. The molecule has 4 heteroatoms. The summed E-state index contributed by atoms with van der Waals surface area (Å²) in [6.07, 6.45) is 0. The van der Waals surface area contributed by atoms with Crippen molar-refractivity contribution >= 4 is 23.3 Å². The van der Waals surface area contributed by atoms with Crippen molar-refractivity contribution in [2.45, 2.75) is 0 Å². The third-order valence-corrected chi connectivity index (χ3v) is 1.08. The number of nitrogens with zero attached hydrogens (tertiary/aromatic N) is 1. The predicted octanol–water partition coefficient (Wildman–Crippen LogP) is -0.246. The van der Waals surface area contributed by atoms with Crippen molar-refractivity contribution < 1.29 is 4.79 Å². The summed E-state index contributed by atoms with van der Waals surface area (Å²) in [5.41, 5.74) is 0. The smallest absolute Gasteiger partial charge is 0.247 e. The summed E-state index contributed by atoms with van der Waals surface area (Å²) in [7, 11) is 0. The first-order chi connectivity index (χ1) is 3.83. The molecule has 0 aliphatic carbocycles. The molecule has 0 atom stereocenters. The van der Waals surface area contributed by atoms with Crippen LogP contribution in [0.5, 0.6) is 0 Å². The van der Waals surface area contributed by atoms with Crippen LogP contribution in [0.1, 0.15) is 0 Å². The Labute approximate surface area is 51.7 Å². The summed E-state index contributed by atoms with van der Waals surface area (Å²) < 4.78 is 0. The molecule has 44 valence electrons. The average Bonchev–Trinajstić information content (AvgIpc) is 2.14. The third kappa shape index (κ3) is 0.980. The molecular formula is C4H5ClN2O. The molecule has 0 saturated carbocycles. The molecule has 0 unspecified atom stereocenters. The Hall–Kier alpha value is -0.570. The summed E-state index contributed by atoms with van der Waals surface area (Å²) in [6.45, 7) is 0.238. The average molecular weight is 133 g/mol. The van der Waals surface area contributed by atoms with Gasteiger partial charge in [-0.2, -0.15) is 0 Å². The largest absolute Gasteiger partial charge is 0.312 e. The second-order valence-corrected chi connectivity index (χ2v) is 1.71. The first-order valence-corrected chi connectivity index (χ1v) is 2.75. The molecule has 0 fully saturated rings. The second-order valence-electron chi connectivity index (χ2n) is 1.44. The number of rotatable bonds is 1. The number of carbonyl (C=O) groups excluding carboxylic acids is 1. The zero-order chi connectivity index (χ0) is 5.98. The first kappa shape index (κ1) is 5.56. The lowest BCUT2D eigenvalue weighted by atomic mass is 10.6. The lowest BCUT2D eigenvalue weighted by Gasteiger charge is -1.89. The van der Waals surface area contributed by atoms with Gasteiger partial charge in [0.2, 0.25) is 5.91 Å². The fraction of sp³-hybridized carbons (Fsp3) is 0.500. The number of amidine groups is 1. The topological polar surface area (TPSA) is 41.5 Å². The first-order valence-electron chi connectivity index (χ1n) is 2.22. The maximum absolute atomic E-state index is 10.3. The van der Waals surface area contributed by atoms with Crippen LogP contribution in [0.2, 0.25) is 0 Å². The maximum atomic E-state index is 10.3. The van der Waals surface area contributed by atoms with Crippen LogP contribution >= 0.6 is 11.6 Å². The van der Waals surface area contributed by atoms with E-state index in [1.165, 1.54) is 0 Å². The van der Waals surface area contributed by atoms with E-state index in [-0.39, 0.29) is 12.5 Å². The summed E-state index contributed by atoms with van der Waals surface area (Å²) in [5, 5.41) is 2.48. The molecular weight excluding hydrogens is 128 g/mol. The molecule has 1 aliphatic rings. The number of alkyl halides is 1. The highest BCUT2D eigenvalue weighted by Gasteiger charge is 2.10. The number of hydrogen-bond donors (Lipinski definition) is 1. The number of halogens is 1. The molecule has 1 amide bonds. The highest BCUT2D eigenvalue weighted by atomic mass is 35.5. The van der Waals surface area contributed by atoms with Crippen LogP contribution in [-0.2, 0) is 4.79 Å².